The lowest BCUT2D eigenvalue weighted by atomic mass is 10.1. The summed E-state index contributed by atoms with van der Waals surface area (Å²) in [6.45, 7) is 5.37. The molecule has 0 radical (unpaired) electrons. The highest BCUT2D eigenvalue weighted by atomic mass is 19.1. The summed E-state index contributed by atoms with van der Waals surface area (Å²) in [6.07, 6.45) is 3.93. The number of ether oxygens (including phenoxy) is 1. The van der Waals surface area contributed by atoms with Gasteiger partial charge in [0.15, 0.2) is 5.82 Å². The van der Waals surface area contributed by atoms with Gasteiger partial charge in [0, 0.05) is 30.2 Å². The van der Waals surface area contributed by atoms with Crippen molar-refractivity contribution in [2.75, 3.05) is 20.7 Å². The molecule has 0 fully saturated rings. The number of methoxy groups -OCH3 is 1. The van der Waals surface area contributed by atoms with Crippen LogP contribution in [0.25, 0.3) is 10.9 Å². The fourth-order valence-electron chi connectivity index (χ4n) is 2.37. The molecule has 1 N–H and O–H groups in total. The maximum absolute atomic E-state index is 13.9. The Bertz CT molecular complexity index is 579. The van der Waals surface area contributed by atoms with Crippen molar-refractivity contribution in [2.45, 2.75) is 32.7 Å². The largest absolute Gasteiger partial charge is 0.497 e. The Morgan fingerprint density at radius 3 is 2.80 bits per heavy atom. The third-order valence-electron chi connectivity index (χ3n) is 4.11. The fourth-order valence-corrected chi connectivity index (χ4v) is 2.37. The van der Waals surface area contributed by atoms with Gasteiger partial charge in [0.2, 0.25) is 0 Å². The second-order valence-electron chi connectivity index (χ2n) is 5.33. The Hall–Kier alpha value is -1.55. The van der Waals surface area contributed by atoms with E-state index in [2.05, 4.69) is 30.8 Å². The summed E-state index contributed by atoms with van der Waals surface area (Å²) in [5, 5.41) is 0.916. The molecule has 1 aromatic carbocycles. The van der Waals surface area contributed by atoms with Crippen LogP contribution in [0.3, 0.4) is 0 Å². The minimum Gasteiger partial charge on any atom is -0.497 e. The van der Waals surface area contributed by atoms with Gasteiger partial charge in [0.25, 0.3) is 0 Å². The Morgan fingerprint density at radius 2 is 2.15 bits per heavy atom. The Labute approximate surface area is 119 Å². The van der Waals surface area contributed by atoms with Gasteiger partial charge < -0.3 is 14.6 Å². The van der Waals surface area contributed by atoms with E-state index in [9.17, 15) is 4.39 Å². The SMILES string of the molecule is CCC(C)N(C)CCc1c[nH]c2c(F)cc(OC)cc12. The van der Waals surface area contributed by atoms with Crippen LogP contribution in [0.4, 0.5) is 4.39 Å². The highest BCUT2D eigenvalue weighted by Crippen LogP contribution is 2.27. The van der Waals surface area contributed by atoms with Crippen molar-refractivity contribution < 1.29 is 9.13 Å². The molecule has 0 bridgehead atoms. The second kappa shape index (κ2) is 6.27. The number of nitrogens with one attached hydrogen (secondary N) is 1. The van der Waals surface area contributed by atoms with Gasteiger partial charge in [0.05, 0.1) is 12.6 Å². The average Bonchev–Trinajstić information content (AvgIpc) is 2.87. The van der Waals surface area contributed by atoms with Crippen molar-refractivity contribution in [3.8, 4) is 5.75 Å². The number of aromatic nitrogens is 1. The monoisotopic (exact) mass is 278 g/mol. The van der Waals surface area contributed by atoms with E-state index in [0.29, 0.717) is 17.3 Å². The number of benzene rings is 1. The summed E-state index contributed by atoms with van der Waals surface area (Å²) in [5.41, 5.74) is 1.69. The Morgan fingerprint density at radius 1 is 1.40 bits per heavy atom. The van der Waals surface area contributed by atoms with Crippen LogP contribution in [0.5, 0.6) is 5.75 Å². The van der Waals surface area contributed by atoms with Crippen LogP contribution in [-0.4, -0.2) is 36.6 Å². The van der Waals surface area contributed by atoms with Crippen LogP contribution in [-0.2, 0) is 6.42 Å². The summed E-state index contributed by atoms with van der Waals surface area (Å²) in [4.78, 5) is 5.35. The molecule has 0 saturated carbocycles. The molecule has 0 amide bonds. The molecule has 20 heavy (non-hydrogen) atoms. The van der Waals surface area contributed by atoms with Crippen LogP contribution in [0.2, 0.25) is 0 Å². The maximum atomic E-state index is 13.9. The molecule has 2 aromatic rings. The van der Waals surface area contributed by atoms with E-state index < -0.39 is 0 Å². The van der Waals surface area contributed by atoms with Crippen molar-refractivity contribution in [3.63, 3.8) is 0 Å². The van der Waals surface area contributed by atoms with Crippen LogP contribution >= 0.6 is 0 Å². The van der Waals surface area contributed by atoms with E-state index in [4.69, 9.17) is 4.74 Å². The van der Waals surface area contributed by atoms with E-state index in [1.807, 2.05) is 12.3 Å². The minimum atomic E-state index is -0.263. The van der Waals surface area contributed by atoms with E-state index >= 15 is 0 Å². The van der Waals surface area contributed by atoms with E-state index in [-0.39, 0.29) is 5.82 Å². The standard InChI is InChI=1S/C16H23FN2O/c1-5-11(2)19(3)7-6-12-10-18-16-14(12)8-13(20-4)9-15(16)17/h8-11,18H,5-7H2,1-4H3. The number of halogens is 1. The van der Waals surface area contributed by atoms with Crippen molar-refractivity contribution in [1.29, 1.82) is 0 Å². The first-order valence-electron chi connectivity index (χ1n) is 7.10. The van der Waals surface area contributed by atoms with Crippen LogP contribution < -0.4 is 4.74 Å². The summed E-state index contributed by atoms with van der Waals surface area (Å²) in [6, 6.07) is 3.87. The smallest absolute Gasteiger partial charge is 0.150 e. The summed E-state index contributed by atoms with van der Waals surface area (Å²) >= 11 is 0. The second-order valence-corrected chi connectivity index (χ2v) is 5.33. The Balaban J connectivity index is 2.20. The van der Waals surface area contributed by atoms with Crippen molar-refractivity contribution >= 4 is 10.9 Å². The first-order chi connectivity index (χ1) is 9.56. The van der Waals surface area contributed by atoms with Crippen LogP contribution in [0.15, 0.2) is 18.3 Å². The molecule has 1 heterocycles. The highest BCUT2D eigenvalue weighted by molar-refractivity contribution is 5.85. The van der Waals surface area contributed by atoms with Gasteiger partial charge in [-0.2, -0.15) is 0 Å². The van der Waals surface area contributed by atoms with Crippen molar-refractivity contribution in [2.24, 2.45) is 0 Å². The molecule has 0 aliphatic heterocycles. The maximum Gasteiger partial charge on any atom is 0.150 e. The number of hydrogen-bond acceptors (Lipinski definition) is 2. The van der Waals surface area contributed by atoms with Gasteiger partial charge in [-0.15, -0.1) is 0 Å². The lowest BCUT2D eigenvalue weighted by molar-refractivity contribution is 0.255. The van der Waals surface area contributed by atoms with Gasteiger partial charge in [-0.25, -0.2) is 4.39 Å². The molecule has 0 aliphatic rings. The number of hydrogen-bond donors (Lipinski definition) is 1. The molecule has 1 aromatic heterocycles. The van der Waals surface area contributed by atoms with E-state index in [0.717, 1.165) is 30.3 Å². The molecular weight excluding hydrogens is 255 g/mol. The van der Waals surface area contributed by atoms with Gasteiger partial charge >= 0.3 is 0 Å². The van der Waals surface area contributed by atoms with Gasteiger partial charge in [0.1, 0.15) is 5.75 Å². The summed E-state index contributed by atoms with van der Waals surface area (Å²) < 4.78 is 19.1. The molecule has 0 spiro atoms. The fraction of sp³-hybridized carbons (Fsp3) is 0.500. The third-order valence-corrected chi connectivity index (χ3v) is 4.11. The zero-order chi connectivity index (χ0) is 14.7. The summed E-state index contributed by atoms with van der Waals surface area (Å²) in [5.74, 6) is 0.298. The number of fused-ring (bicyclic) bond motifs is 1. The normalized spacial score (nSPS) is 13.1. The minimum absolute atomic E-state index is 0.263. The highest BCUT2D eigenvalue weighted by Gasteiger charge is 2.12. The van der Waals surface area contributed by atoms with E-state index in [1.54, 1.807) is 7.11 Å². The van der Waals surface area contributed by atoms with Crippen molar-refractivity contribution in [3.05, 3.63) is 29.7 Å². The molecule has 4 heteroatoms. The first kappa shape index (κ1) is 14.9. The Kier molecular flexibility index (Phi) is 4.65. The number of rotatable bonds is 6. The molecular formula is C16H23FN2O. The zero-order valence-electron chi connectivity index (χ0n) is 12.7. The van der Waals surface area contributed by atoms with Crippen LogP contribution in [0, 0.1) is 5.82 Å². The number of H-pyrrole nitrogens is 1. The van der Waals surface area contributed by atoms with Gasteiger partial charge in [-0.05, 0) is 38.4 Å². The molecule has 1 unspecified atom stereocenters. The molecule has 1 atom stereocenters. The van der Waals surface area contributed by atoms with Crippen LogP contribution in [0.1, 0.15) is 25.8 Å². The number of nitrogens with zero attached hydrogens (tertiary/aromatic N) is 1. The van der Waals surface area contributed by atoms with Gasteiger partial charge in [-0.1, -0.05) is 6.92 Å². The number of likely N-dealkylation sites (N-methyl/N-ethyl adjacent to an activating group) is 1. The third kappa shape index (κ3) is 2.96. The average molecular weight is 278 g/mol. The topological polar surface area (TPSA) is 28.3 Å². The predicted molar refractivity (Wildman–Crippen MR) is 80.9 cm³/mol. The summed E-state index contributed by atoms with van der Waals surface area (Å²) in [7, 11) is 3.69. The van der Waals surface area contributed by atoms with E-state index in [1.165, 1.54) is 6.07 Å². The quantitative estimate of drug-likeness (QED) is 0.874. The van der Waals surface area contributed by atoms with Crippen molar-refractivity contribution in [1.82, 2.24) is 9.88 Å². The molecule has 3 nitrogen and oxygen atoms in total. The predicted octanol–water partition coefficient (Wildman–Crippen LogP) is 3.59. The lowest BCUT2D eigenvalue weighted by Gasteiger charge is -2.23. The number of aromatic amines is 1. The molecule has 0 saturated heterocycles. The molecule has 0 aliphatic carbocycles. The molecule has 2 rings (SSSR count). The first-order valence-corrected chi connectivity index (χ1v) is 7.10. The zero-order valence-corrected chi connectivity index (χ0v) is 12.7. The molecule has 110 valence electrons. The lowest BCUT2D eigenvalue weighted by Crippen LogP contribution is -2.30. The van der Waals surface area contributed by atoms with Gasteiger partial charge in [-0.3, -0.25) is 0 Å².